The van der Waals surface area contributed by atoms with Crippen molar-refractivity contribution < 1.29 is 10.2 Å². The van der Waals surface area contributed by atoms with Gasteiger partial charge in [-0.1, -0.05) is 42.0 Å². The molecule has 5 aromatic rings. The Kier molecular flexibility index (Phi) is 5.42. The summed E-state index contributed by atoms with van der Waals surface area (Å²) >= 11 is 0. The Labute approximate surface area is 198 Å². The minimum Gasteiger partial charge on any atom is -0.508 e. The van der Waals surface area contributed by atoms with Crippen molar-refractivity contribution in [3.63, 3.8) is 0 Å². The van der Waals surface area contributed by atoms with E-state index in [0.717, 1.165) is 22.4 Å². The lowest BCUT2D eigenvalue weighted by Crippen LogP contribution is -2.08. The van der Waals surface area contributed by atoms with E-state index in [1.165, 1.54) is 5.56 Å². The lowest BCUT2D eigenvalue weighted by atomic mass is 10.1. The van der Waals surface area contributed by atoms with Gasteiger partial charge in [0.2, 0.25) is 5.88 Å². The number of aryl methyl sites for hydroxylation is 1. The van der Waals surface area contributed by atoms with Crippen molar-refractivity contribution in [1.82, 2.24) is 14.4 Å². The number of benzene rings is 3. The highest BCUT2D eigenvalue weighted by atomic mass is 16.3. The van der Waals surface area contributed by atoms with Crippen LogP contribution in [0.1, 0.15) is 16.8 Å². The van der Waals surface area contributed by atoms with Crippen molar-refractivity contribution in [3.8, 4) is 34.1 Å². The molecule has 0 amide bonds. The van der Waals surface area contributed by atoms with Crippen molar-refractivity contribution >= 4 is 11.3 Å². The number of nitrogens with zero attached hydrogens (tertiary/aromatic N) is 4. The number of aromatic nitrogens is 3. The number of phenolic OH excluding ortho intramolecular Hbond substituents is 1. The summed E-state index contributed by atoms with van der Waals surface area (Å²) in [7, 11) is 4.00. The van der Waals surface area contributed by atoms with Crippen LogP contribution in [0.3, 0.4) is 0 Å². The summed E-state index contributed by atoms with van der Waals surface area (Å²) in [6, 6.07) is 23.2. The van der Waals surface area contributed by atoms with Crippen molar-refractivity contribution in [3.05, 3.63) is 95.8 Å². The molecule has 6 heteroatoms. The molecule has 3 aromatic carbocycles. The molecular weight excluding hydrogens is 424 g/mol. The first-order valence-electron chi connectivity index (χ1n) is 11.1. The zero-order valence-electron chi connectivity index (χ0n) is 19.4. The normalized spacial score (nSPS) is 11.1. The molecule has 0 unspecified atom stereocenters. The molecule has 6 nitrogen and oxygen atoms in total. The first-order valence-corrected chi connectivity index (χ1v) is 11.1. The molecule has 5 rings (SSSR count). The predicted molar refractivity (Wildman–Crippen MR) is 136 cm³/mol. The van der Waals surface area contributed by atoms with Crippen molar-refractivity contribution in [2.24, 2.45) is 0 Å². The van der Waals surface area contributed by atoms with Crippen LogP contribution in [0, 0.1) is 6.92 Å². The number of hydrogen-bond acceptors (Lipinski definition) is 5. The lowest BCUT2D eigenvalue weighted by Gasteiger charge is -2.13. The standard InChI is InChI=1S/C28H26N4O2/c1-18-4-6-19(7-5-18)16-24-28(34)32-17-25(20-10-14-23(33)15-11-20)29-26(27(32)30-24)21-8-12-22(13-9-21)31(2)3/h4-15,17,33-34H,16H2,1-3H3. The number of phenols is 1. The van der Waals surface area contributed by atoms with E-state index < -0.39 is 0 Å². The maximum atomic E-state index is 11.1. The number of anilines is 1. The van der Waals surface area contributed by atoms with Gasteiger partial charge in [0.25, 0.3) is 0 Å². The van der Waals surface area contributed by atoms with Crippen LogP contribution in [0.5, 0.6) is 11.6 Å². The van der Waals surface area contributed by atoms with Gasteiger partial charge in [0.05, 0.1) is 5.69 Å². The van der Waals surface area contributed by atoms with Crippen molar-refractivity contribution in [1.29, 1.82) is 0 Å². The van der Waals surface area contributed by atoms with Gasteiger partial charge in [-0.3, -0.25) is 4.40 Å². The molecule has 0 atom stereocenters. The Morgan fingerprint density at radius 2 is 1.44 bits per heavy atom. The zero-order valence-corrected chi connectivity index (χ0v) is 19.4. The Bertz CT molecular complexity index is 1450. The largest absolute Gasteiger partial charge is 0.508 e. The third kappa shape index (κ3) is 4.06. The number of imidazole rings is 1. The average molecular weight is 451 g/mol. The van der Waals surface area contributed by atoms with Gasteiger partial charge in [-0.15, -0.1) is 0 Å². The molecule has 2 aromatic heterocycles. The van der Waals surface area contributed by atoms with Gasteiger partial charge < -0.3 is 15.1 Å². The molecule has 0 saturated carbocycles. The van der Waals surface area contributed by atoms with E-state index in [1.54, 1.807) is 22.7 Å². The van der Waals surface area contributed by atoms with Gasteiger partial charge >= 0.3 is 0 Å². The summed E-state index contributed by atoms with van der Waals surface area (Å²) in [6.07, 6.45) is 2.31. The van der Waals surface area contributed by atoms with Crippen molar-refractivity contribution in [2.45, 2.75) is 13.3 Å². The molecule has 0 fully saturated rings. The second kappa shape index (κ2) is 8.56. The average Bonchev–Trinajstić information content (AvgIpc) is 3.15. The Morgan fingerprint density at radius 1 is 0.794 bits per heavy atom. The van der Waals surface area contributed by atoms with E-state index in [2.05, 4.69) is 31.2 Å². The van der Waals surface area contributed by atoms with E-state index in [4.69, 9.17) is 9.97 Å². The molecule has 0 radical (unpaired) electrons. The van der Waals surface area contributed by atoms with Crippen LogP contribution < -0.4 is 4.90 Å². The summed E-state index contributed by atoms with van der Waals surface area (Å²) in [5.41, 5.74) is 7.64. The van der Waals surface area contributed by atoms with Crippen LogP contribution in [0.2, 0.25) is 0 Å². The highest BCUT2D eigenvalue weighted by Crippen LogP contribution is 2.32. The summed E-state index contributed by atoms with van der Waals surface area (Å²) in [6.45, 7) is 2.05. The van der Waals surface area contributed by atoms with Crippen LogP contribution >= 0.6 is 0 Å². The van der Waals surface area contributed by atoms with Gasteiger partial charge in [0.15, 0.2) is 5.65 Å². The molecule has 0 aliphatic rings. The quantitative estimate of drug-likeness (QED) is 0.373. The van der Waals surface area contributed by atoms with E-state index in [0.29, 0.717) is 29.1 Å². The van der Waals surface area contributed by atoms with E-state index >= 15 is 0 Å². The molecule has 0 spiro atoms. The van der Waals surface area contributed by atoms with Crippen LogP contribution in [0.4, 0.5) is 5.69 Å². The van der Waals surface area contributed by atoms with Gasteiger partial charge in [0, 0.05) is 43.5 Å². The molecule has 0 bridgehead atoms. The van der Waals surface area contributed by atoms with Crippen LogP contribution in [0.25, 0.3) is 28.2 Å². The Morgan fingerprint density at radius 3 is 2.09 bits per heavy atom. The predicted octanol–water partition coefficient (Wildman–Crippen LogP) is 5.44. The van der Waals surface area contributed by atoms with Gasteiger partial charge in [-0.2, -0.15) is 0 Å². The molecule has 2 heterocycles. The van der Waals surface area contributed by atoms with Gasteiger partial charge in [0.1, 0.15) is 17.1 Å². The molecule has 0 aliphatic heterocycles. The van der Waals surface area contributed by atoms with Crippen LogP contribution in [0.15, 0.2) is 79.0 Å². The smallest absolute Gasteiger partial charge is 0.219 e. The number of hydrogen-bond donors (Lipinski definition) is 2. The lowest BCUT2D eigenvalue weighted by molar-refractivity contribution is 0.442. The fourth-order valence-corrected chi connectivity index (χ4v) is 3.98. The highest BCUT2D eigenvalue weighted by Gasteiger charge is 2.19. The van der Waals surface area contributed by atoms with Gasteiger partial charge in [-0.25, -0.2) is 9.97 Å². The number of rotatable bonds is 5. The molecule has 170 valence electrons. The topological polar surface area (TPSA) is 73.9 Å². The third-order valence-corrected chi connectivity index (χ3v) is 5.96. The van der Waals surface area contributed by atoms with Crippen LogP contribution in [-0.2, 0) is 6.42 Å². The summed E-state index contributed by atoms with van der Waals surface area (Å²) in [4.78, 5) is 11.8. The fraction of sp³-hybridized carbons (Fsp3) is 0.143. The SMILES string of the molecule is Cc1ccc(Cc2nc3c(-c4ccc(N(C)C)cc4)nc(-c4ccc(O)cc4)cn3c2O)cc1. The second-order valence-corrected chi connectivity index (χ2v) is 8.70. The first kappa shape index (κ1) is 21.5. The Balaban J connectivity index is 1.68. The first-order chi connectivity index (χ1) is 16.4. The second-order valence-electron chi connectivity index (χ2n) is 8.70. The maximum absolute atomic E-state index is 11.1. The van der Waals surface area contributed by atoms with Crippen molar-refractivity contribution in [2.75, 3.05) is 19.0 Å². The maximum Gasteiger partial charge on any atom is 0.219 e. The molecular formula is C28H26N4O2. The Hall–Kier alpha value is -4.32. The molecule has 0 aliphatic carbocycles. The summed E-state index contributed by atoms with van der Waals surface area (Å²) in [5, 5.41) is 20.8. The number of aromatic hydroxyl groups is 2. The molecule has 34 heavy (non-hydrogen) atoms. The summed E-state index contributed by atoms with van der Waals surface area (Å²) < 4.78 is 1.70. The van der Waals surface area contributed by atoms with Gasteiger partial charge in [-0.05, 0) is 48.9 Å². The van der Waals surface area contributed by atoms with E-state index in [9.17, 15) is 10.2 Å². The zero-order chi connectivity index (χ0) is 23.8. The highest BCUT2D eigenvalue weighted by molar-refractivity contribution is 5.78. The summed E-state index contributed by atoms with van der Waals surface area (Å²) in [5.74, 6) is 0.291. The van der Waals surface area contributed by atoms with E-state index in [1.807, 2.05) is 55.4 Å². The fourth-order valence-electron chi connectivity index (χ4n) is 3.98. The third-order valence-electron chi connectivity index (χ3n) is 5.96. The number of fused-ring (bicyclic) bond motifs is 1. The minimum absolute atomic E-state index is 0.101. The minimum atomic E-state index is 0.101. The van der Waals surface area contributed by atoms with E-state index in [-0.39, 0.29) is 11.6 Å². The molecule has 2 N–H and O–H groups in total. The van der Waals surface area contributed by atoms with Crippen LogP contribution in [-0.4, -0.2) is 38.7 Å². The monoisotopic (exact) mass is 450 g/mol. The molecule has 0 saturated heterocycles.